The van der Waals surface area contributed by atoms with E-state index in [1.165, 1.54) is 13.0 Å². The van der Waals surface area contributed by atoms with Gasteiger partial charge in [0.2, 0.25) is 0 Å². The lowest BCUT2D eigenvalue weighted by atomic mass is 9.84. The van der Waals surface area contributed by atoms with Crippen LogP contribution in [0, 0.1) is 0 Å². The largest absolute Gasteiger partial charge is 0.386 e. The summed E-state index contributed by atoms with van der Waals surface area (Å²) < 4.78 is 0. The Morgan fingerprint density at radius 3 is 2.73 bits per heavy atom. The maximum atomic E-state index is 10.9. The van der Waals surface area contributed by atoms with Crippen molar-refractivity contribution in [2.45, 2.75) is 31.5 Å². The van der Waals surface area contributed by atoms with Crippen LogP contribution < -0.4 is 0 Å². The van der Waals surface area contributed by atoms with Gasteiger partial charge in [-0.2, -0.15) is 0 Å². The van der Waals surface area contributed by atoms with Crippen LogP contribution in [0.25, 0.3) is 0 Å². The molecule has 0 fully saturated rings. The van der Waals surface area contributed by atoms with Crippen molar-refractivity contribution in [2.75, 3.05) is 0 Å². The van der Waals surface area contributed by atoms with Gasteiger partial charge in [0.05, 0.1) is 0 Å². The fraction of sp³-hybridized carbons (Fsp3) is 0.625. The number of allylic oxidation sites excluding steroid dienone is 1. The third-order valence-corrected chi connectivity index (χ3v) is 2.11. The van der Waals surface area contributed by atoms with E-state index in [1.54, 1.807) is 6.08 Å². The number of rotatable bonds is 1. The Balaban J connectivity index is 2.85. The number of carbonyl (C=O) groups is 1. The fourth-order valence-corrected chi connectivity index (χ4v) is 1.22. The first-order valence-corrected chi connectivity index (χ1v) is 3.65. The smallest absolute Gasteiger partial charge is 0.164 e. The van der Waals surface area contributed by atoms with Gasteiger partial charge >= 0.3 is 0 Å². The SMILES string of the molecule is CC(=O)[C@@]1(O)CCC=C[C@@H]1O. The second-order valence-corrected chi connectivity index (χ2v) is 2.89. The Kier molecular flexibility index (Phi) is 2.11. The van der Waals surface area contributed by atoms with Crippen LogP contribution in [0.1, 0.15) is 19.8 Å². The number of Topliss-reactive ketones (excluding diaryl/α,β-unsaturated/α-hetero) is 1. The zero-order valence-corrected chi connectivity index (χ0v) is 6.45. The fourth-order valence-electron chi connectivity index (χ4n) is 1.22. The van der Waals surface area contributed by atoms with Crippen LogP contribution in [-0.2, 0) is 4.79 Å². The topological polar surface area (TPSA) is 57.5 Å². The molecule has 0 unspecified atom stereocenters. The van der Waals surface area contributed by atoms with Crippen LogP contribution in [0.15, 0.2) is 12.2 Å². The van der Waals surface area contributed by atoms with Crippen LogP contribution in [-0.4, -0.2) is 27.7 Å². The predicted molar refractivity (Wildman–Crippen MR) is 40.0 cm³/mol. The summed E-state index contributed by atoms with van der Waals surface area (Å²) in [5.41, 5.74) is -1.53. The van der Waals surface area contributed by atoms with Gasteiger partial charge in [-0.25, -0.2) is 0 Å². The number of aliphatic hydroxyl groups excluding tert-OH is 1. The summed E-state index contributed by atoms with van der Waals surface area (Å²) in [7, 11) is 0. The molecule has 1 aliphatic rings. The van der Waals surface area contributed by atoms with Crippen molar-refractivity contribution in [3.05, 3.63) is 12.2 Å². The number of aliphatic hydroxyl groups is 2. The molecule has 1 rings (SSSR count). The molecule has 3 heteroatoms. The molecule has 0 aromatic heterocycles. The first-order valence-electron chi connectivity index (χ1n) is 3.65. The number of hydrogen-bond donors (Lipinski definition) is 2. The number of ketones is 1. The van der Waals surface area contributed by atoms with E-state index >= 15 is 0 Å². The highest BCUT2D eigenvalue weighted by Gasteiger charge is 2.39. The lowest BCUT2D eigenvalue weighted by molar-refractivity contribution is -0.146. The van der Waals surface area contributed by atoms with Gasteiger partial charge in [-0.05, 0) is 19.8 Å². The van der Waals surface area contributed by atoms with E-state index in [0.29, 0.717) is 12.8 Å². The normalized spacial score (nSPS) is 37.2. The molecular formula is C8H12O3. The highest BCUT2D eigenvalue weighted by Crippen LogP contribution is 2.24. The van der Waals surface area contributed by atoms with Gasteiger partial charge in [0.15, 0.2) is 11.4 Å². The van der Waals surface area contributed by atoms with Crippen LogP contribution in [0.5, 0.6) is 0 Å². The van der Waals surface area contributed by atoms with Crippen LogP contribution >= 0.6 is 0 Å². The summed E-state index contributed by atoms with van der Waals surface area (Å²) in [6.07, 6.45) is 3.16. The molecule has 0 spiro atoms. The molecule has 3 nitrogen and oxygen atoms in total. The summed E-state index contributed by atoms with van der Waals surface area (Å²) >= 11 is 0. The molecular weight excluding hydrogens is 144 g/mol. The van der Waals surface area contributed by atoms with Crippen LogP contribution in [0.2, 0.25) is 0 Å². The monoisotopic (exact) mass is 156 g/mol. The molecule has 0 saturated carbocycles. The quantitative estimate of drug-likeness (QED) is 0.526. The zero-order chi connectivity index (χ0) is 8.48. The molecule has 2 N–H and O–H groups in total. The van der Waals surface area contributed by atoms with Gasteiger partial charge < -0.3 is 10.2 Å². The van der Waals surface area contributed by atoms with E-state index in [4.69, 9.17) is 0 Å². The summed E-state index contributed by atoms with van der Waals surface area (Å²) in [4.78, 5) is 10.9. The maximum Gasteiger partial charge on any atom is 0.164 e. The molecule has 11 heavy (non-hydrogen) atoms. The molecule has 0 amide bonds. The van der Waals surface area contributed by atoms with E-state index in [-0.39, 0.29) is 5.78 Å². The minimum atomic E-state index is -1.53. The number of hydrogen-bond acceptors (Lipinski definition) is 3. The van der Waals surface area contributed by atoms with Crippen molar-refractivity contribution in [1.29, 1.82) is 0 Å². The molecule has 0 aromatic carbocycles. The highest BCUT2D eigenvalue weighted by atomic mass is 16.3. The van der Waals surface area contributed by atoms with Crippen molar-refractivity contribution >= 4 is 5.78 Å². The Morgan fingerprint density at radius 1 is 1.73 bits per heavy atom. The maximum absolute atomic E-state index is 10.9. The van der Waals surface area contributed by atoms with Gasteiger partial charge in [-0.15, -0.1) is 0 Å². The summed E-state index contributed by atoms with van der Waals surface area (Å²) in [5, 5.41) is 18.8. The Morgan fingerprint density at radius 2 is 2.36 bits per heavy atom. The van der Waals surface area contributed by atoms with Crippen molar-refractivity contribution in [3.8, 4) is 0 Å². The van der Waals surface area contributed by atoms with Crippen molar-refractivity contribution < 1.29 is 15.0 Å². The van der Waals surface area contributed by atoms with E-state index in [0.717, 1.165) is 0 Å². The molecule has 0 heterocycles. The second-order valence-electron chi connectivity index (χ2n) is 2.89. The number of carbonyl (C=O) groups excluding carboxylic acids is 1. The molecule has 0 bridgehead atoms. The summed E-state index contributed by atoms with van der Waals surface area (Å²) in [6.45, 7) is 1.29. The van der Waals surface area contributed by atoms with Gasteiger partial charge in [0.1, 0.15) is 6.10 Å². The average molecular weight is 156 g/mol. The molecule has 2 atom stereocenters. The summed E-state index contributed by atoms with van der Waals surface area (Å²) in [6, 6.07) is 0. The third-order valence-electron chi connectivity index (χ3n) is 2.11. The predicted octanol–water partition coefficient (Wildman–Crippen LogP) is 0.0174. The Hall–Kier alpha value is -0.670. The molecule has 0 radical (unpaired) electrons. The first-order chi connectivity index (χ1) is 5.07. The zero-order valence-electron chi connectivity index (χ0n) is 6.45. The molecule has 1 aliphatic carbocycles. The standard InChI is InChI=1S/C8H12O3/c1-6(9)8(11)5-3-2-4-7(8)10/h2,4,7,10-11H,3,5H2,1H3/t7-,8-/m0/s1. The van der Waals surface area contributed by atoms with E-state index in [9.17, 15) is 15.0 Å². The lowest BCUT2D eigenvalue weighted by Crippen LogP contribution is -2.48. The van der Waals surface area contributed by atoms with Gasteiger partial charge in [-0.3, -0.25) is 4.79 Å². The molecule has 0 aliphatic heterocycles. The summed E-state index contributed by atoms with van der Waals surface area (Å²) in [5.74, 6) is -0.366. The van der Waals surface area contributed by atoms with Gasteiger partial charge in [0.25, 0.3) is 0 Å². The Bertz CT molecular complexity index is 198. The molecule has 62 valence electrons. The second kappa shape index (κ2) is 2.75. The highest BCUT2D eigenvalue weighted by molar-refractivity contribution is 5.85. The third kappa shape index (κ3) is 1.34. The lowest BCUT2D eigenvalue weighted by Gasteiger charge is -2.30. The minimum absolute atomic E-state index is 0.319. The Labute approximate surface area is 65.3 Å². The van der Waals surface area contributed by atoms with Crippen molar-refractivity contribution in [1.82, 2.24) is 0 Å². The van der Waals surface area contributed by atoms with E-state index in [2.05, 4.69) is 0 Å². The van der Waals surface area contributed by atoms with Crippen molar-refractivity contribution in [3.63, 3.8) is 0 Å². The average Bonchev–Trinajstić information content (AvgIpc) is 1.95. The first kappa shape index (κ1) is 8.43. The van der Waals surface area contributed by atoms with Gasteiger partial charge in [-0.1, -0.05) is 12.2 Å². The molecule has 0 aromatic rings. The van der Waals surface area contributed by atoms with E-state index < -0.39 is 11.7 Å². The van der Waals surface area contributed by atoms with Crippen LogP contribution in [0.3, 0.4) is 0 Å². The van der Waals surface area contributed by atoms with Crippen molar-refractivity contribution in [2.24, 2.45) is 0 Å². The van der Waals surface area contributed by atoms with Gasteiger partial charge in [0, 0.05) is 0 Å². The van der Waals surface area contributed by atoms with Crippen LogP contribution in [0.4, 0.5) is 0 Å². The molecule has 0 saturated heterocycles. The van der Waals surface area contributed by atoms with E-state index in [1.807, 2.05) is 0 Å². The minimum Gasteiger partial charge on any atom is -0.386 e.